The lowest BCUT2D eigenvalue weighted by Gasteiger charge is -2.21. The summed E-state index contributed by atoms with van der Waals surface area (Å²) in [4.78, 5) is 25.1. The molecule has 0 aromatic carbocycles. The lowest BCUT2D eigenvalue weighted by Crippen LogP contribution is -2.38. The van der Waals surface area contributed by atoms with E-state index in [0.29, 0.717) is 6.42 Å². The molecular weight excluding hydrogens is 224 g/mol. The molecule has 0 saturated carbocycles. The minimum absolute atomic E-state index is 0.0147. The number of nitrogens with zero attached hydrogens (tertiary/aromatic N) is 1. The van der Waals surface area contributed by atoms with Crippen LogP contribution in [-0.4, -0.2) is 39.8 Å². The highest BCUT2D eigenvalue weighted by Crippen LogP contribution is 2.27. The van der Waals surface area contributed by atoms with E-state index in [0.717, 1.165) is 12.2 Å². The van der Waals surface area contributed by atoms with Gasteiger partial charge in [-0.25, -0.2) is 0 Å². The number of carbonyl (C=O) groups is 2. The van der Waals surface area contributed by atoms with E-state index in [1.165, 1.54) is 16.7 Å². The second kappa shape index (κ2) is 5.68. The molecule has 5 heteroatoms. The lowest BCUT2D eigenvalue weighted by atomic mass is 10.2. The molecule has 3 unspecified atom stereocenters. The second-order valence-electron chi connectivity index (χ2n) is 4.36. The van der Waals surface area contributed by atoms with Gasteiger partial charge in [0.1, 0.15) is 0 Å². The van der Waals surface area contributed by atoms with E-state index in [1.54, 1.807) is 0 Å². The van der Waals surface area contributed by atoms with Crippen LogP contribution in [0.3, 0.4) is 0 Å². The molecule has 2 N–H and O–H groups in total. The fourth-order valence-corrected chi connectivity index (χ4v) is 2.72. The maximum absolute atomic E-state index is 12.0. The van der Waals surface area contributed by atoms with Gasteiger partial charge < -0.3 is 5.73 Å². The van der Waals surface area contributed by atoms with Gasteiger partial charge in [-0.15, -0.1) is 11.8 Å². The van der Waals surface area contributed by atoms with Crippen LogP contribution in [-0.2, 0) is 9.59 Å². The van der Waals surface area contributed by atoms with Crippen molar-refractivity contribution < 1.29 is 9.59 Å². The molecule has 0 aromatic heterocycles. The molecule has 16 heavy (non-hydrogen) atoms. The molecule has 1 aliphatic heterocycles. The van der Waals surface area contributed by atoms with Gasteiger partial charge in [-0.2, -0.15) is 0 Å². The van der Waals surface area contributed by atoms with E-state index >= 15 is 0 Å². The van der Waals surface area contributed by atoms with Crippen molar-refractivity contribution >= 4 is 23.6 Å². The van der Waals surface area contributed by atoms with Gasteiger partial charge in [-0.1, -0.05) is 6.92 Å². The number of hydrogen-bond acceptors (Lipinski definition) is 4. The van der Waals surface area contributed by atoms with E-state index in [9.17, 15) is 9.59 Å². The van der Waals surface area contributed by atoms with E-state index in [-0.39, 0.29) is 29.1 Å². The Morgan fingerprint density at radius 3 is 2.62 bits per heavy atom. The summed E-state index contributed by atoms with van der Waals surface area (Å²) in [6.45, 7) is 5.79. The SMILES string of the molecule is CCC(C)N1C(=O)CC(SCC(C)N)C1=O. The summed E-state index contributed by atoms with van der Waals surface area (Å²) in [6.07, 6.45) is 1.14. The first-order valence-electron chi connectivity index (χ1n) is 5.70. The van der Waals surface area contributed by atoms with Crippen molar-refractivity contribution in [3.63, 3.8) is 0 Å². The van der Waals surface area contributed by atoms with Gasteiger partial charge in [0.2, 0.25) is 11.8 Å². The van der Waals surface area contributed by atoms with Crippen LogP contribution in [0.1, 0.15) is 33.6 Å². The maximum atomic E-state index is 12.0. The Balaban J connectivity index is 2.60. The van der Waals surface area contributed by atoms with Crippen LogP contribution in [0.25, 0.3) is 0 Å². The molecule has 1 heterocycles. The summed E-state index contributed by atoms with van der Waals surface area (Å²) in [6, 6.07) is 0.0754. The van der Waals surface area contributed by atoms with Crippen molar-refractivity contribution in [1.82, 2.24) is 4.90 Å². The highest BCUT2D eigenvalue weighted by Gasteiger charge is 2.40. The molecule has 4 nitrogen and oxygen atoms in total. The third kappa shape index (κ3) is 2.98. The molecule has 0 bridgehead atoms. The minimum Gasteiger partial charge on any atom is -0.327 e. The molecule has 0 spiro atoms. The lowest BCUT2D eigenvalue weighted by molar-refractivity contribution is -0.140. The Hall–Kier alpha value is -0.550. The van der Waals surface area contributed by atoms with Crippen molar-refractivity contribution in [2.75, 3.05) is 5.75 Å². The van der Waals surface area contributed by atoms with Crippen LogP contribution in [0.4, 0.5) is 0 Å². The monoisotopic (exact) mass is 244 g/mol. The number of nitrogens with two attached hydrogens (primary N) is 1. The summed E-state index contributed by atoms with van der Waals surface area (Å²) in [7, 11) is 0. The smallest absolute Gasteiger partial charge is 0.243 e. The molecular formula is C11H20N2O2S. The third-order valence-corrected chi connectivity index (χ3v) is 4.22. The predicted molar refractivity (Wildman–Crippen MR) is 66.1 cm³/mol. The van der Waals surface area contributed by atoms with Crippen LogP contribution < -0.4 is 5.73 Å². The van der Waals surface area contributed by atoms with E-state index in [2.05, 4.69) is 0 Å². The zero-order chi connectivity index (χ0) is 12.3. The van der Waals surface area contributed by atoms with E-state index < -0.39 is 0 Å². The van der Waals surface area contributed by atoms with Crippen LogP contribution >= 0.6 is 11.8 Å². The first kappa shape index (κ1) is 13.5. The standard InChI is InChI=1S/C11H20N2O2S/c1-4-8(3)13-10(14)5-9(11(13)15)16-6-7(2)12/h7-9H,4-6,12H2,1-3H3. The molecule has 0 aromatic rings. The van der Waals surface area contributed by atoms with Crippen molar-refractivity contribution in [2.24, 2.45) is 5.73 Å². The van der Waals surface area contributed by atoms with Crippen molar-refractivity contribution in [2.45, 2.75) is 50.9 Å². The number of thioether (sulfide) groups is 1. The second-order valence-corrected chi connectivity index (χ2v) is 5.60. The number of imide groups is 1. The highest BCUT2D eigenvalue weighted by molar-refractivity contribution is 8.00. The largest absolute Gasteiger partial charge is 0.327 e. The van der Waals surface area contributed by atoms with Gasteiger partial charge in [-0.3, -0.25) is 14.5 Å². The number of amides is 2. The van der Waals surface area contributed by atoms with Gasteiger partial charge in [0.15, 0.2) is 0 Å². The third-order valence-electron chi connectivity index (χ3n) is 2.73. The topological polar surface area (TPSA) is 63.4 Å². The molecule has 0 aliphatic carbocycles. The first-order valence-corrected chi connectivity index (χ1v) is 6.75. The van der Waals surface area contributed by atoms with Gasteiger partial charge in [0.05, 0.1) is 5.25 Å². The van der Waals surface area contributed by atoms with Gasteiger partial charge in [0.25, 0.3) is 0 Å². The van der Waals surface area contributed by atoms with Crippen molar-refractivity contribution in [1.29, 1.82) is 0 Å². The quantitative estimate of drug-likeness (QED) is 0.733. The number of likely N-dealkylation sites (tertiary alicyclic amines) is 1. The Morgan fingerprint density at radius 1 is 1.50 bits per heavy atom. The molecule has 2 amide bonds. The predicted octanol–water partition coefficient (Wildman–Crippen LogP) is 0.993. The van der Waals surface area contributed by atoms with Crippen LogP contribution in [0.15, 0.2) is 0 Å². The number of carbonyl (C=O) groups excluding carboxylic acids is 2. The molecule has 0 radical (unpaired) electrons. The summed E-state index contributed by atoms with van der Waals surface area (Å²) >= 11 is 1.50. The zero-order valence-corrected chi connectivity index (χ0v) is 10.9. The number of hydrogen-bond donors (Lipinski definition) is 1. The van der Waals surface area contributed by atoms with Crippen molar-refractivity contribution in [3.8, 4) is 0 Å². The van der Waals surface area contributed by atoms with Gasteiger partial charge >= 0.3 is 0 Å². The maximum Gasteiger partial charge on any atom is 0.243 e. The van der Waals surface area contributed by atoms with E-state index in [1.807, 2.05) is 20.8 Å². The van der Waals surface area contributed by atoms with Gasteiger partial charge in [0, 0.05) is 24.3 Å². The number of rotatable bonds is 5. The fraction of sp³-hybridized carbons (Fsp3) is 0.818. The van der Waals surface area contributed by atoms with Crippen molar-refractivity contribution in [3.05, 3.63) is 0 Å². The molecule has 92 valence electrons. The van der Waals surface area contributed by atoms with Crippen LogP contribution in [0, 0.1) is 0 Å². The summed E-state index contributed by atoms with van der Waals surface area (Å²) in [5, 5.41) is -0.215. The molecule has 3 atom stereocenters. The minimum atomic E-state index is -0.215. The summed E-state index contributed by atoms with van der Waals surface area (Å²) < 4.78 is 0. The average Bonchev–Trinajstić information content (AvgIpc) is 2.50. The van der Waals surface area contributed by atoms with Crippen LogP contribution in [0.2, 0.25) is 0 Å². The Morgan fingerprint density at radius 2 is 2.12 bits per heavy atom. The summed E-state index contributed by atoms with van der Waals surface area (Å²) in [5.74, 6) is 0.643. The molecule has 1 aliphatic rings. The Kier molecular flexibility index (Phi) is 4.80. The fourth-order valence-electron chi connectivity index (χ4n) is 1.67. The molecule has 1 fully saturated rings. The van der Waals surface area contributed by atoms with Gasteiger partial charge in [-0.05, 0) is 20.3 Å². The first-order chi connectivity index (χ1) is 7.47. The average molecular weight is 244 g/mol. The summed E-state index contributed by atoms with van der Waals surface area (Å²) in [5.41, 5.74) is 5.64. The Bertz CT molecular complexity index is 281. The van der Waals surface area contributed by atoms with E-state index in [4.69, 9.17) is 5.73 Å². The molecule has 1 rings (SSSR count). The van der Waals surface area contributed by atoms with Crippen LogP contribution in [0.5, 0.6) is 0 Å². The highest BCUT2D eigenvalue weighted by atomic mass is 32.2. The normalized spacial score (nSPS) is 25.0. The molecule has 1 saturated heterocycles. The Labute approximate surface area is 101 Å². The zero-order valence-electron chi connectivity index (χ0n) is 10.1.